The molecule has 2 aromatic heterocycles. The monoisotopic (exact) mass is 398 g/mol. The lowest BCUT2D eigenvalue weighted by Crippen LogP contribution is -2.32. The molecule has 6 nitrogen and oxygen atoms in total. The van der Waals surface area contributed by atoms with Gasteiger partial charge in [-0.05, 0) is 24.3 Å². The molecule has 0 bridgehead atoms. The van der Waals surface area contributed by atoms with E-state index in [-0.39, 0.29) is 0 Å². The second kappa shape index (κ2) is 11.2. The van der Waals surface area contributed by atoms with Crippen molar-refractivity contribution in [1.29, 1.82) is 0 Å². The van der Waals surface area contributed by atoms with Gasteiger partial charge in [-0.2, -0.15) is 0 Å². The molecule has 0 aliphatic heterocycles. The summed E-state index contributed by atoms with van der Waals surface area (Å²) in [4.78, 5) is 31.6. The molecular formula is C14H14N4O2S4. The van der Waals surface area contributed by atoms with Crippen molar-refractivity contribution < 1.29 is 9.59 Å². The Morgan fingerprint density at radius 3 is 1.62 bits per heavy atom. The highest BCUT2D eigenvalue weighted by Crippen LogP contribution is 2.23. The lowest BCUT2D eigenvalue weighted by atomic mass is 10.4. The van der Waals surface area contributed by atoms with Crippen LogP contribution in [0.3, 0.4) is 0 Å². The number of aromatic nitrogens is 2. The molecule has 0 saturated carbocycles. The van der Waals surface area contributed by atoms with Gasteiger partial charge in [0.25, 0.3) is 0 Å². The summed E-state index contributed by atoms with van der Waals surface area (Å²) in [5, 5.41) is 0. The molecule has 2 amide bonds. The Labute approximate surface area is 155 Å². The fraction of sp³-hybridized carbons (Fsp3) is 0.143. The first-order chi connectivity index (χ1) is 11.8. The standard InChI is InChI=1S/C14H14N4O2S4/c19-13(17-23-21-9-11-5-1-3-7-15-11)14(20)18-24-22-10-12-6-2-4-8-16-12/h1-8H,9-10H2,(H,17,19)(H,18,20). The quantitative estimate of drug-likeness (QED) is 0.304. The van der Waals surface area contributed by atoms with Crippen molar-refractivity contribution in [3.8, 4) is 0 Å². The Bertz CT molecular complexity index is 588. The zero-order valence-electron chi connectivity index (χ0n) is 12.4. The van der Waals surface area contributed by atoms with E-state index in [0.717, 1.165) is 33.3 Å². The third-order valence-electron chi connectivity index (χ3n) is 2.46. The van der Waals surface area contributed by atoms with Crippen LogP contribution in [-0.4, -0.2) is 21.8 Å². The summed E-state index contributed by atoms with van der Waals surface area (Å²) in [6.45, 7) is 0. The summed E-state index contributed by atoms with van der Waals surface area (Å²) >= 11 is 0. The maximum atomic E-state index is 11.6. The Morgan fingerprint density at radius 2 is 1.25 bits per heavy atom. The number of hydrogen-bond acceptors (Lipinski definition) is 8. The largest absolute Gasteiger partial charge is 0.320 e. The van der Waals surface area contributed by atoms with Crippen molar-refractivity contribution in [3.05, 3.63) is 60.2 Å². The molecule has 126 valence electrons. The van der Waals surface area contributed by atoms with Crippen LogP contribution in [-0.2, 0) is 21.1 Å². The van der Waals surface area contributed by atoms with Crippen LogP contribution in [0.4, 0.5) is 0 Å². The first-order valence-electron chi connectivity index (χ1n) is 6.73. The number of amides is 2. The average molecular weight is 399 g/mol. The minimum Gasteiger partial charge on any atom is -0.283 e. The first-order valence-corrected chi connectivity index (χ1v) is 11.4. The average Bonchev–Trinajstić information content (AvgIpc) is 2.63. The number of hydrogen-bond donors (Lipinski definition) is 2. The normalized spacial score (nSPS) is 10.2. The SMILES string of the molecule is O=C(NSSCc1ccccn1)C(=O)NSSCc1ccccn1. The number of nitrogens with zero attached hydrogens (tertiary/aromatic N) is 2. The van der Waals surface area contributed by atoms with Gasteiger partial charge in [-0.15, -0.1) is 0 Å². The second-order valence-electron chi connectivity index (χ2n) is 4.20. The third kappa shape index (κ3) is 7.47. The number of carbonyl (C=O) groups excluding carboxylic acids is 2. The highest BCUT2D eigenvalue weighted by molar-refractivity contribution is 8.76. The molecule has 0 aliphatic rings. The van der Waals surface area contributed by atoms with E-state index in [2.05, 4.69) is 19.4 Å². The topological polar surface area (TPSA) is 84.0 Å². The lowest BCUT2D eigenvalue weighted by molar-refractivity contribution is -0.136. The van der Waals surface area contributed by atoms with Gasteiger partial charge in [0.2, 0.25) is 0 Å². The molecule has 0 aliphatic carbocycles. The molecule has 24 heavy (non-hydrogen) atoms. The van der Waals surface area contributed by atoms with Crippen LogP contribution in [0.2, 0.25) is 0 Å². The maximum absolute atomic E-state index is 11.6. The van der Waals surface area contributed by atoms with Gasteiger partial charge in [0.05, 0.1) is 11.4 Å². The summed E-state index contributed by atoms with van der Waals surface area (Å²) in [6, 6.07) is 11.3. The van der Waals surface area contributed by atoms with Crippen LogP contribution in [0.15, 0.2) is 48.8 Å². The summed E-state index contributed by atoms with van der Waals surface area (Å²) in [6.07, 6.45) is 3.43. The predicted molar refractivity (Wildman–Crippen MR) is 103 cm³/mol. The minimum atomic E-state index is -0.681. The van der Waals surface area contributed by atoms with Crippen LogP contribution in [0.1, 0.15) is 11.4 Å². The molecule has 2 aromatic rings. The van der Waals surface area contributed by atoms with Crippen LogP contribution in [0.5, 0.6) is 0 Å². The highest BCUT2D eigenvalue weighted by Gasteiger charge is 2.13. The smallest absolute Gasteiger partial charge is 0.283 e. The lowest BCUT2D eigenvalue weighted by Gasteiger charge is -2.04. The fourth-order valence-corrected chi connectivity index (χ4v) is 4.42. The van der Waals surface area contributed by atoms with Gasteiger partial charge < -0.3 is 0 Å². The number of carbonyl (C=O) groups is 2. The molecular weight excluding hydrogens is 384 g/mol. The minimum absolute atomic E-state index is 0.641. The van der Waals surface area contributed by atoms with Crippen LogP contribution in [0.25, 0.3) is 0 Å². The van der Waals surface area contributed by atoms with Gasteiger partial charge >= 0.3 is 11.8 Å². The van der Waals surface area contributed by atoms with E-state index in [4.69, 9.17) is 0 Å². The second-order valence-corrected chi connectivity index (χ2v) is 8.40. The molecule has 10 heteroatoms. The van der Waals surface area contributed by atoms with Crippen molar-refractivity contribution >= 4 is 55.4 Å². The fourth-order valence-electron chi connectivity index (χ4n) is 1.37. The zero-order valence-corrected chi connectivity index (χ0v) is 15.6. The molecule has 2 rings (SSSR count). The van der Waals surface area contributed by atoms with Gasteiger partial charge in [0, 0.05) is 45.9 Å². The summed E-state index contributed by atoms with van der Waals surface area (Å²) in [5.41, 5.74) is 1.82. The van der Waals surface area contributed by atoms with E-state index in [1.165, 1.54) is 21.6 Å². The molecule has 0 fully saturated rings. The van der Waals surface area contributed by atoms with Crippen molar-refractivity contribution in [3.63, 3.8) is 0 Å². The van der Waals surface area contributed by atoms with Gasteiger partial charge in [0.1, 0.15) is 0 Å². The first kappa shape index (κ1) is 19.0. The van der Waals surface area contributed by atoms with Crippen molar-refractivity contribution in [2.24, 2.45) is 0 Å². The Morgan fingerprint density at radius 1 is 0.792 bits per heavy atom. The molecule has 0 saturated heterocycles. The predicted octanol–water partition coefficient (Wildman–Crippen LogP) is 3.00. The van der Waals surface area contributed by atoms with Gasteiger partial charge in [-0.25, -0.2) is 0 Å². The summed E-state index contributed by atoms with van der Waals surface area (Å²) in [7, 11) is 5.02. The van der Waals surface area contributed by atoms with Crippen LogP contribution >= 0.6 is 43.5 Å². The third-order valence-corrected chi connectivity index (χ3v) is 5.97. The van der Waals surface area contributed by atoms with Crippen LogP contribution in [0, 0.1) is 0 Å². The van der Waals surface area contributed by atoms with Crippen molar-refractivity contribution in [1.82, 2.24) is 19.4 Å². The van der Waals surface area contributed by atoms with E-state index in [9.17, 15) is 9.59 Å². The Balaban J connectivity index is 1.54. The van der Waals surface area contributed by atoms with E-state index in [1.807, 2.05) is 36.4 Å². The number of rotatable bonds is 8. The summed E-state index contributed by atoms with van der Waals surface area (Å²) in [5.74, 6) is -0.0802. The van der Waals surface area contributed by atoms with Gasteiger partial charge in [-0.1, -0.05) is 33.7 Å². The number of pyridine rings is 2. The summed E-state index contributed by atoms with van der Waals surface area (Å²) < 4.78 is 4.95. The molecule has 0 unspecified atom stereocenters. The molecule has 0 aromatic carbocycles. The van der Waals surface area contributed by atoms with E-state index < -0.39 is 11.8 Å². The van der Waals surface area contributed by atoms with Crippen molar-refractivity contribution in [2.45, 2.75) is 11.5 Å². The number of nitrogens with one attached hydrogen (secondary N) is 2. The maximum Gasteiger partial charge on any atom is 0.320 e. The Kier molecular flexibility index (Phi) is 8.88. The van der Waals surface area contributed by atoms with E-state index >= 15 is 0 Å². The zero-order chi connectivity index (χ0) is 17.0. The van der Waals surface area contributed by atoms with Crippen molar-refractivity contribution in [2.75, 3.05) is 0 Å². The van der Waals surface area contributed by atoms with Crippen LogP contribution < -0.4 is 9.44 Å². The van der Waals surface area contributed by atoms with Gasteiger partial charge in [-0.3, -0.25) is 29.0 Å². The molecule has 2 N–H and O–H groups in total. The highest BCUT2D eigenvalue weighted by atomic mass is 33.1. The van der Waals surface area contributed by atoms with Gasteiger partial charge in [0.15, 0.2) is 0 Å². The molecule has 2 heterocycles. The molecule has 0 atom stereocenters. The Hall–Kier alpha value is -1.36. The van der Waals surface area contributed by atoms with E-state index in [0.29, 0.717) is 11.5 Å². The molecule has 0 spiro atoms. The van der Waals surface area contributed by atoms with E-state index in [1.54, 1.807) is 12.4 Å². The molecule has 0 radical (unpaired) electrons.